The van der Waals surface area contributed by atoms with Crippen LogP contribution < -0.4 is 10.2 Å². The summed E-state index contributed by atoms with van der Waals surface area (Å²) in [5.41, 5.74) is 1.04. The van der Waals surface area contributed by atoms with Gasteiger partial charge >= 0.3 is 0 Å². The average molecular weight is 276 g/mol. The van der Waals surface area contributed by atoms with E-state index in [1.807, 2.05) is 12.4 Å². The summed E-state index contributed by atoms with van der Waals surface area (Å²) in [6, 6.07) is 0.630. The number of nitrogens with zero attached hydrogens (tertiary/aromatic N) is 3. The maximum atomic E-state index is 4.75. The lowest BCUT2D eigenvalue weighted by molar-refractivity contribution is 0.547. The van der Waals surface area contributed by atoms with E-state index in [4.69, 9.17) is 4.98 Å². The van der Waals surface area contributed by atoms with Crippen molar-refractivity contribution in [1.29, 1.82) is 0 Å². The molecular weight excluding hydrogens is 248 g/mol. The van der Waals surface area contributed by atoms with Crippen molar-refractivity contribution in [2.24, 2.45) is 0 Å². The van der Waals surface area contributed by atoms with Gasteiger partial charge in [-0.1, -0.05) is 32.6 Å². The lowest BCUT2D eigenvalue weighted by atomic mass is 10.1. The van der Waals surface area contributed by atoms with Crippen LogP contribution in [0.1, 0.15) is 57.6 Å². The molecule has 4 heteroatoms. The fraction of sp³-hybridized carbons (Fsp3) is 0.750. The van der Waals surface area contributed by atoms with E-state index in [1.54, 1.807) is 0 Å². The maximum absolute atomic E-state index is 4.75. The van der Waals surface area contributed by atoms with Gasteiger partial charge in [-0.25, -0.2) is 4.98 Å². The summed E-state index contributed by atoms with van der Waals surface area (Å²) in [4.78, 5) is 11.4. The second kappa shape index (κ2) is 8.20. The van der Waals surface area contributed by atoms with Gasteiger partial charge < -0.3 is 10.2 Å². The Morgan fingerprint density at radius 1 is 1.20 bits per heavy atom. The van der Waals surface area contributed by atoms with Crippen molar-refractivity contribution in [3.8, 4) is 0 Å². The highest BCUT2D eigenvalue weighted by atomic mass is 15.2. The van der Waals surface area contributed by atoms with Gasteiger partial charge in [0.2, 0.25) is 0 Å². The molecule has 0 radical (unpaired) electrons. The van der Waals surface area contributed by atoms with Gasteiger partial charge in [0.25, 0.3) is 0 Å². The summed E-state index contributed by atoms with van der Waals surface area (Å²) in [6.45, 7) is 4.02. The summed E-state index contributed by atoms with van der Waals surface area (Å²) in [5, 5.41) is 3.39. The monoisotopic (exact) mass is 276 g/mol. The number of anilines is 1. The lowest BCUT2D eigenvalue weighted by Gasteiger charge is -2.28. The van der Waals surface area contributed by atoms with Gasteiger partial charge in [-0.2, -0.15) is 0 Å². The molecule has 1 aliphatic carbocycles. The summed E-state index contributed by atoms with van der Waals surface area (Å²) in [7, 11) is 2.17. The molecule has 0 atom stereocenters. The van der Waals surface area contributed by atoms with Gasteiger partial charge in [-0.15, -0.1) is 0 Å². The molecule has 1 aromatic heterocycles. The highest BCUT2D eigenvalue weighted by Crippen LogP contribution is 2.24. The molecule has 0 aliphatic heterocycles. The zero-order valence-electron chi connectivity index (χ0n) is 12.9. The third-order valence-corrected chi connectivity index (χ3v) is 4.14. The predicted octanol–water partition coefficient (Wildman–Crippen LogP) is 3.14. The quantitative estimate of drug-likeness (QED) is 0.640. The molecule has 112 valence electrons. The van der Waals surface area contributed by atoms with Gasteiger partial charge in [0, 0.05) is 25.8 Å². The molecule has 2 rings (SSSR count). The van der Waals surface area contributed by atoms with Crippen LogP contribution in [0.4, 0.5) is 5.82 Å². The highest BCUT2D eigenvalue weighted by Gasteiger charge is 2.18. The fourth-order valence-electron chi connectivity index (χ4n) is 2.88. The molecule has 1 aliphatic rings. The first-order valence-electron chi connectivity index (χ1n) is 8.05. The summed E-state index contributed by atoms with van der Waals surface area (Å²) in [6.07, 6.45) is 13.0. The van der Waals surface area contributed by atoms with Crippen LogP contribution >= 0.6 is 0 Å². The van der Waals surface area contributed by atoms with Crippen LogP contribution in [0.25, 0.3) is 0 Å². The maximum Gasteiger partial charge on any atom is 0.147 e. The minimum Gasteiger partial charge on any atom is -0.355 e. The number of nitrogens with one attached hydrogen (secondary N) is 1. The molecule has 0 amide bonds. The molecule has 0 bridgehead atoms. The van der Waals surface area contributed by atoms with E-state index < -0.39 is 0 Å². The Hall–Kier alpha value is -1.16. The normalized spacial score (nSPS) is 16.9. The highest BCUT2D eigenvalue weighted by molar-refractivity contribution is 5.36. The van der Waals surface area contributed by atoms with Gasteiger partial charge in [-0.05, 0) is 25.8 Å². The average Bonchev–Trinajstić information content (AvgIpc) is 2.76. The van der Waals surface area contributed by atoms with Gasteiger partial charge in [0.05, 0.1) is 11.9 Å². The summed E-state index contributed by atoms with van der Waals surface area (Å²) in [5.74, 6) is 1.02. The van der Waals surface area contributed by atoms with E-state index in [1.165, 1.54) is 38.5 Å². The van der Waals surface area contributed by atoms with E-state index in [9.17, 15) is 0 Å². The first kappa shape index (κ1) is 15.2. The lowest BCUT2D eigenvalue weighted by Crippen LogP contribution is -2.32. The summed E-state index contributed by atoms with van der Waals surface area (Å²) < 4.78 is 0. The van der Waals surface area contributed by atoms with Crippen LogP contribution in [0, 0.1) is 0 Å². The van der Waals surface area contributed by atoms with E-state index >= 15 is 0 Å². The number of hydrogen-bond donors (Lipinski definition) is 1. The second-order valence-corrected chi connectivity index (χ2v) is 5.80. The SMILES string of the molecule is CCCNCc1cncc(N(C)C2CCCCCC2)n1. The van der Waals surface area contributed by atoms with Gasteiger partial charge in [0.15, 0.2) is 0 Å². The van der Waals surface area contributed by atoms with Crippen molar-refractivity contribution in [3.63, 3.8) is 0 Å². The largest absolute Gasteiger partial charge is 0.355 e. The molecule has 0 unspecified atom stereocenters. The minimum atomic E-state index is 0.630. The van der Waals surface area contributed by atoms with E-state index in [2.05, 4.69) is 29.2 Å². The molecule has 1 N–H and O–H groups in total. The third kappa shape index (κ3) is 4.44. The van der Waals surface area contributed by atoms with Crippen molar-refractivity contribution < 1.29 is 0 Å². The molecule has 0 spiro atoms. The molecule has 1 fully saturated rings. The Bertz CT molecular complexity index is 386. The third-order valence-electron chi connectivity index (χ3n) is 4.14. The zero-order chi connectivity index (χ0) is 14.2. The predicted molar refractivity (Wildman–Crippen MR) is 83.9 cm³/mol. The van der Waals surface area contributed by atoms with Gasteiger partial charge in [0.1, 0.15) is 5.82 Å². The van der Waals surface area contributed by atoms with Crippen LogP contribution in [0.15, 0.2) is 12.4 Å². The molecule has 20 heavy (non-hydrogen) atoms. The van der Waals surface area contributed by atoms with Crippen molar-refractivity contribution in [2.75, 3.05) is 18.5 Å². The van der Waals surface area contributed by atoms with Gasteiger partial charge in [-0.3, -0.25) is 4.98 Å². The van der Waals surface area contributed by atoms with E-state index in [0.717, 1.165) is 31.0 Å². The molecule has 1 aromatic rings. The Kier molecular flexibility index (Phi) is 6.25. The number of aromatic nitrogens is 2. The van der Waals surface area contributed by atoms with Crippen molar-refractivity contribution in [3.05, 3.63) is 18.1 Å². The Morgan fingerprint density at radius 3 is 2.65 bits per heavy atom. The first-order chi connectivity index (χ1) is 9.81. The topological polar surface area (TPSA) is 41.1 Å². The van der Waals surface area contributed by atoms with Crippen LogP contribution in [-0.2, 0) is 6.54 Å². The number of rotatable bonds is 6. The Balaban J connectivity index is 1.97. The minimum absolute atomic E-state index is 0.630. The molecular formula is C16H28N4. The van der Waals surface area contributed by atoms with Crippen molar-refractivity contribution in [2.45, 2.75) is 64.5 Å². The smallest absolute Gasteiger partial charge is 0.147 e. The van der Waals surface area contributed by atoms with Crippen LogP contribution in [0.5, 0.6) is 0 Å². The van der Waals surface area contributed by atoms with E-state index in [0.29, 0.717) is 6.04 Å². The van der Waals surface area contributed by atoms with E-state index in [-0.39, 0.29) is 0 Å². The second-order valence-electron chi connectivity index (χ2n) is 5.80. The standard InChI is InChI=1S/C16H28N4/c1-3-10-17-11-14-12-18-13-16(19-14)20(2)15-8-6-4-5-7-9-15/h12-13,15,17H,3-11H2,1-2H3. The molecule has 1 saturated carbocycles. The first-order valence-corrected chi connectivity index (χ1v) is 8.05. The Labute approximate surface area is 123 Å². The van der Waals surface area contributed by atoms with Crippen LogP contribution in [-0.4, -0.2) is 29.6 Å². The number of hydrogen-bond acceptors (Lipinski definition) is 4. The van der Waals surface area contributed by atoms with Crippen LogP contribution in [0.3, 0.4) is 0 Å². The molecule has 4 nitrogen and oxygen atoms in total. The zero-order valence-corrected chi connectivity index (χ0v) is 12.9. The Morgan fingerprint density at radius 2 is 1.95 bits per heavy atom. The summed E-state index contributed by atoms with van der Waals surface area (Å²) >= 11 is 0. The molecule has 1 heterocycles. The fourth-order valence-corrected chi connectivity index (χ4v) is 2.88. The molecule has 0 saturated heterocycles. The van der Waals surface area contributed by atoms with Crippen LogP contribution in [0.2, 0.25) is 0 Å². The van der Waals surface area contributed by atoms with Crippen molar-refractivity contribution in [1.82, 2.24) is 15.3 Å². The van der Waals surface area contributed by atoms with Crippen molar-refractivity contribution >= 4 is 5.82 Å². The molecule has 0 aromatic carbocycles.